The third kappa shape index (κ3) is 2.38. The first kappa shape index (κ1) is 11.6. The van der Waals surface area contributed by atoms with Gasteiger partial charge in [0.2, 0.25) is 0 Å². The van der Waals surface area contributed by atoms with Gasteiger partial charge in [-0.1, -0.05) is 29.4 Å². The van der Waals surface area contributed by atoms with E-state index in [-0.39, 0.29) is 6.10 Å². The Kier molecular flexibility index (Phi) is 3.06. The average molecular weight is 252 g/mol. The monoisotopic (exact) mass is 252 g/mol. The molecule has 0 saturated carbocycles. The fourth-order valence-electron chi connectivity index (χ4n) is 2.06. The maximum atomic E-state index is 10.6. The molecule has 0 spiro atoms. The van der Waals surface area contributed by atoms with Gasteiger partial charge in [-0.25, -0.2) is 0 Å². The highest BCUT2D eigenvalue weighted by Gasteiger charge is 2.23. The second kappa shape index (κ2) is 5.02. The van der Waals surface area contributed by atoms with Gasteiger partial charge in [-0.15, -0.1) is 0 Å². The van der Waals surface area contributed by atoms with Gasteiger partial charge in [0, 0.05) is 24.4 Å². The molecule has 4 nitrogen and oxygen atoms in total. The van der Waals surface area contributed by atoms with Gasteiger partial charge in [-0.05, 0) is 23.3 Å². The number of aromatic nitrogens is 1. The van der Waals surface area contributed by atoms with E-state index >= 15 is 0 Å². The lowest BCUT2D eigenvalue weighted by Crippen LogP contribution is -2.01. The maximum Gasteiger partial charge on any atom is 0.158 e. The summed E-state index contributed by atoms with van der Waals surface area (Å²) in [6.45, 7) is 0. The number of hydrogen-bond donors (Lipinski definition) is 0. The van der Waals surface area contributed by atoms with Crippen LogP contribution in [-0.4, -0.2) is 17.0 Å². The smallest absolute Gasteiger partial charge is 0.158 e. The van der Waals surface area contributed by atoms with E-state index in [2.05, 4.69) is 10.1 Å². The number of nitrogens with zero attached hydrogens (tertiary/aromatic N) is 2. The highest BCUT2D eigenvalue weighted by atomic mass is 16.6. The Balaban J connectivity index is 1.76. The van der Waals surface area contributed by atoms with Crippen LogP contribution in [0.5, 0.6) is 0 Å². The van der Waals surface area contributed by atoms with Crippen molar-refractivity contribution in [3.63, 3.8) is 0 Å². The lowest BCUT2D eigenvalue weighted by atomic mass is 10.0. The van der Waals surface area contributed by atoms with Crippen molar-refractivity contribution in [1.29, 1.82) is 0 Å². The average Bonchev–Trinajstić information content (AvgIpc) is 2.98. The van der Waals surface area contributed by atoms with Gasteiger partial charge in [0.05, 0.1) is 5.71 Å². The standard InChI is InChI=1S/C15H12N2O2/c18-10-11-1-3-12(4-2-11)14-9-15(19-17-14)13-5-7-16-8-6-13/h1-8,10,15H,9H2. The maximum absolute atomic E-state index is 10.6. The molecule has 3 rings (SSSR count). The van der Waals surface area contributed by atoms with Crippen LogP contribution in [0, 0.1) is 0 Å². The van der Waals surface area contributed by atoms with Crippen LogP contribution < -0.4 is 0 Å². The van der Waals surface area contributed by atoms with Crippen molar-refractivity contribution in [3.8, 4) is 0 Å². The second-order valence-corrected chi connectivity index (χ2v) is 4.36. The molecule has 1 atom stereocenters. The van der Waals surface area contributed by atoms with Crippen LogP contribution in [0.3, 0.4) is 0 Å². The van der Waals surface area contributed by atoms with Crippen LogP contribution in [0.25, 0.3) is 0 Å². The van der Waals surface area contributed by atoms with E-state index in [4.69, 9.17) is 4.84 Å². The molecule has 0 radical (unpaired) electrons. The van der Waals surface area contributed by atoms with E-state index in [0.717, 1.165) is 29.5 Å². The van der Waals surface area contributed by atoms with Crippen molar-refractivity contribution in [2.24, 2.45) is 5.16 Å². The largest absolute Gasteiger partial charge is 0.387 e. The Morgan fingerprint density at radius 2 is 1.84 bits per heavy atom. The van der Waals surface area contributed by atoms with Crippen LogP contribution >= 0.6 is 0 Å². The Bertz CT molecular complexity index is 606. The Morgan fingerprint density at radius 3 is 2.53 bits per heavy atom. The molecule has 0 fully saturated rings. The molecule has 0 N–H and O–H groups in total. The first-order valence-corrected chi connectivity index (χ1v) is 6.05. The first-order chi connectivity index (χ1) is 9.36. The Labute approximate surface area is 110 Å². The molecule has 0 aliphatic carbocycles. The van der Waals surface area contributed by atoms with Gasteiger partial charge in [0.1, 0.15) is 6.29 Å². The molecular formula is C15H12N2O2. The second-order valence-electron chi connectivity index (χ2n) is 4.36. The van der Waals surface area contributed by atoms with Gasteiger partial charge >= 0.3 is 0 Å². The quantitative estimate of drug-likeness (QED) is 0.789. The van der Waals surface area contributed by atoms with Crippen molar-refractivity contribution >= 4 is 12.0 Å². The van der Waals surface area contributed by atoms with Gasteiger partial charge in [-0.2, -0.15) is 0 Å². The first-order valence-electron chi connectivity index (χ1n) is 6.05. The number of oxime groups is 1. The summed E-state index contributed by atoms with van der Waals surface area (Å²) in [6, 6.07) is 11.2. The zero-order valence-electron chi connectivity index (χ0n) is 10.2. The molecular weight excluding hydrogens is 240 g/mol. The third-order valence-corrected chi connectivity index (χ3v) is 3.13. The fraction of sp³-hybridized carbons (Fsp3) is 0.133. The summed E-state index contributed by atoms with van der Waals surface area (Å²) in [7, 11) is 0. The molecule has 1 aromatic carbocycles. The fourth-order valence-corrected chi connectivity index (χ4v) is 2.06. The topological polar surface area (TPSA) is 51.5 Å². The van der Waals surface area contributed by atoms with E-state index in [1.54, 1.807) is 24.5 Å². The summed E-state index contributed by atoms with van der Waals surface area (Å²) in [4.78, 5) is 20.1. The number of aldehydes is 1. The number of benzene rings is 1. The van der Waals surface area contributed by atoms with E-state index < -0.39 is 0 Å². The molecule has 1 aliphatic heterocycles. The summed E-state index contributed by atoms with van der Waals surface area (Å²) >= 11 is 0. The number of rotatable bonds is 3. The molecule has 2 aromatic rings. The molecule has 0 amide bonds. The third-order valence-electron chi connectivity index (χ3n) is 3.13. The van der Waals surface area contributed by atoms with Crippen LogP contribution in [0.1, 0.15) is 34.0 Å². The van der Waals surface area contributed by atoms with Gasteiger partial charge < -0.3 is 4.84 Å². The molecule has 1 aliphatic rings. The van der Waals surface area contributed by atoms with Crippen molar-refractivity contribution in [2.75, 3.05) is 0 Å². The summed E-state index contributed by atoms with van der Waals surface area (Å²) in [5, 5.41) is 4.13. The van der Waals surface area contributed by atoms with Crippen molar-refractivity contribution < 1.29 is 9.63 Å². The van der Waals surface area contributed by atoms with Gasteiger partial charge in [0.25, 0.3) is 0 Å². The van der Waals surface area contributed by atoms with E-state index in [9.17, 15) is 4.79 Å². The minimum absolute atomic E-state index is 0.0521. The minimum Gasteiger partial charge on any atom is -0.387 e. The number of carbonyl (C=O) groups is 1. The van der Waals surface area contributed by atoms with Crippen LogP contribution in [-0.2, 0) is 4.84 Å². The molecule has 0 bridgehead atoms. The molecule has 1 aromatic heterocycles. The van der Waals surface area contributed by atoms with E-state index in [0.29, 0.717) is 5.56 Å². The molecule has 19 heavy (non-hydrogen) atoms. The summed E-state index contributed by atoms with van der Waals surface area (Å²) < 4.78 is 0. The number of carbonyl (C=O) groups excluding carboxylic acids is 1. The summed E-state index contributed by atoms with van der Waals surface area (Å²) in [5.41, 5.74) is 3.62. The van der Waals surface area contributed by atoms with Crippen LogP contribution in [0.15, 0.2) is 53.9 Å². The lowest BCUT2D eigenvalue weighted by Gasteiger charge is -2.07. The predicted molar refractivity (Wildman–Crippen MR) is 71.0 cm³/mol. The van der Waals surface area contributed by atoms with Crippen molar-refractivity contribution in [3.05, 3.63) is 65.5 Å². The van der Waals surface area contributed by atoms with Gasteiger partial charge in [-0.3, -0.25) is 9.78 Å². The van der Waals surface area contributed by atoms with Crippen molar-refractivity contribution in [2.45, 2.75) is 12.5 Å². The molecule has 2 heterocycles. The lowest BCUT2D eigenvalue weighted by molar-refractivity contribution is 0.0857. The molecule has 4 heteroatoms. The number of hydrogen-bond acceptors (Lipinski definition) is 4. The Hall–Kier alpha value is -2.49. The zero-order chi connectivity index (χ0) is 13.1. The van der Waals surface area contributed by atoms with Gasteiger partial charge in [0.15, 0.2) is 6.10 Å². The number of pyridine rings is 1. The highest BCUT2D eigenvalue weighted by Crippen LogP contribution is 2.28. The van der Waals surface area contributed by atoms with E-state index in [1.165, 1.54) is 0 Å². The SMILES string of the molecule is O=Cc1ccc(C2=NOC(c3ccncc3)C2)cc1. The van der Waals surface area contributed by atoms with E-state index in [1.807, 2.05) is 24.3 Å². The van der Waals surface area contributed by atoms with Crippen LogP contribution in [0.2, 0.25) is 0 Å². The minimum atomic E-state index is -0.0521. The molecule has 94 valence electrons. The molecule has 1 unspecified atom stereocenters. The van der Waals surface area contributed by atoms with Crippen molar-refractivity contribution in [1.82, 2.24) is 4.98 Å². The normalized spacial score (nSPS) is 17.7. The molecule has 0 saturated heterocycles. The Morgan fingerprint density at radius 1 is 1.11 bits per heavy atom. The zero-order valence-corrected chi connectivity index (χ0v) is 10.2. The van der Waals surface area contributed by atoms with Crippen LogP contribution in [0.4, 0.5) is 0 Å². The summed E-state index contributed by atoms with van der Waals surface area (Å²) in [6.07, 6.45) is 5.00. The highest BCUT2D eigenvalue weighted by molar-refractivity contribution is 6.01. The predicted octanol–water partition coefficient (Wildman–Crippen LogP) is 2.76. The summed E-state index contributed by atoms with van der Waals surface area (Å²) in [5.74, 6) is 0.